The van der Waals surface area contributed by atoms with E-state index >= 15 is 0 Å². The molecule has 3 rings (SSSR count). The fraction of sp³-hybridized carbons (Fsp3) is 0.0667. The lowest BCUT2D eigenvalue weighted by molar-refractivity contribution is -0.116. The highest BCUT2D eigenvalue weighted by molar-refractivity contribution is 5.91. The van der Waals surface area contributed by atoms with Gasteiger partial charge in [0.1, 0.15) is 18.2 Å². The molecule has 1 amide bonds. The summed E-state index contributed by atoms with van der Waals surface area (Å²) in [6.45, 7) is -0.00265. The molecular weight excluding hydrogens is 276 g/mol. The van der Waals surface area contributed by atoms with Crippen LogP contribution in [-0.2, 0) is 11.3 Å². The van der Waals surface area contributed by atoms with Crippen LogP contribution in [0.1, 0.15) is 0 Å². The van der Waals surface area contributed by atoms with Crippen molar-refractivity contribution in [3.8, 4) is 0 Å². The standard InChI is InChI=1S/C15H11F2N3O/c16-10-5-6-12(11(17)7-10)19-15(21)8-20-9-18-13-3-1-2-4-14(13)20/h1-7,9H,8H2,(H,19,21). The maximum Gasteiger partial charge on any atom is 0.244 e. The molecule has 0 saturated heterocycles. The molecule has 0 aliphatic rings. The van der Waals surface area contributed by atoms with Gasteiger partial charge in [0.2, 0.25) is 5.91 Å². The first kappa shape index (κ1) is 13.2. The molecule has 6 heteroatoms. The van der Waals surface area contributed by atoms with Crippen LogP contribution in [0, 0.1) is 11.6 Å². The predicted octanol–water partition coefficient (Wildman–Crippen LogP) is 2.95. The Labute approximate surface area is 119 Å². The minimum absolute atomic E-state index is 0.00265. The lowest BCUT2D eigenvalue weighted by Gasteiger charge is -2.07. The molecule has 0 aliphatic carbocycles. The van der Waals surface area contributed by atoms with Crippen LogP contribution in [0.25, 0.3) is 11.0 Å². The molecule has 4 nitrogen and oxygen atoms in total. The first-order chi connectivity index (χ1) is 10.1. The van der Waals surface area contributed by atoms with Crippen molar-refractivity contribution >= 4 is 22.6 Å². The third kappa shape index (κ3) is 2.74. The molecule has 0 unspecified atom stereocenters. The highest BCUT2D eigenvalue weighted by atomic mass is 19.1. The fourth-order valence-corrected chi connectivity index (χ4v) is 2.07. The summed E-state index contributed by atoms with van der Waals surface area (Å²) in [5.74, 6) is -1.91. The molecule has 0 aliphatic heterocycles. The van der Waals surface area contributed by atoms with Crippen molar-refractivity contribution in [3.63, 3.8) is 0 Å². The number of nitrogens with zero attached hydrogens (tertiary/aromatic N) is 2. The summed E-state index contributed by atoms with van der Waals surface area (Å²) in [7, 11) is 0. The lowest BCUT2D eigenvalue weighted by Crippen LogP contribution is -2.19. The molecule has 0 saturated carbocycles. The number of para-hydroxylation sites is 2. The molecule has 2 aromatic carbocycles. The predicted molar refractivity (Wildman–Crippen MR) is 74.7 cm³/mol. The number of halogens is 2. The summed E-state index contributed by atoms with van der Waals surface area (Å²) in [6, 6.07) is 10.4. The summed E-state index contributed by atoms with van der Waals surface area (Å²) in [6.07, 6.45) is 1.55. The highest BCUT2D eigenvalue weighted by Crippen LogP contribution is 2.16. The molecule has 106 valence electrons. The molecule has 3 aromatic rings. The van der Waals surface area contributed by atoms with Crippen molar-refractivity contribution in [2.24, 2.45) is 0 Å². The van der Waals surface area contributed by atoms with Gasteiger partial charge in [-0.1, -0.05) is 12.1 Å². The van der Waals surface area contributed by atoms with Crippen molar-refractivity contribution in [3.05, 3.63) is 60.4 Å². The Morgan fingerprint density at radius 1 is 1.19 bits per heavy atom. The van der Waals surface area contributed by atoms with E-state index in [2.05, 4.69) is 10.3 Å². The van der Waals surface area contributed by atoms with Crippen molar-refractivity contribution in [1.82, 2.24) is 9.55 Å². The summed E-state index contributed by atoms with van der Waals surface area (Å²) in [4.78, 5) is 16.1. The monoisotopic (exact) mass is 287 g/mol. The van der Waals surface area contributed by atoms with Gasteiger partial charge in [-0.15, -0.1) is 0 Å². The van der Waals surface area contributed by atoms with Gasteiger partial charge in [-0.25, -0.2) is 13.8 Å². The molecule has 0 atom stereocenters. The van der Waals surface area contributed by atoms with Crippen molar-refractivity contribution < 1.29 is 13.6 Å². The quantitative estimate of drug-likeness (QED) is 0.805. The SMILES string of the molecule is O=C(Cn1cnc2ccccc21)Nc1ccc(F)cc1F. The second-order valence-corrected chi connectivity index (χ2v) is 4.53. The number of rotatable bonds is 3. The highest BCUT2D eigenvalue weighted by Gasteiger charge is 2.10. The number of carbonyl (C=O) groups is 1. The van der Waals surface area contributed by atoms with Gasteiger partial charge in [-0.3, -0.25) is 4.79 Å². The van der Waals surface area contributed by atoms with Crippen LogP contribution in [0.4, 0.5) is 14.5 Å². The number of imidazole rings is 1. The Morgan fingerprint density at radius 2 is 2.00 bits per heavy atom. The van der Waals surface area contributed by atoms with Gasteiger partial charge in [-0.05, 0) is 24.3 Å². The number of nitrogens with one attached hydrogen (secondary N) is 1. The number of fused-ring (bicyclic) bond motifs is 1. The van der Waals surface area contributed by atoms with Crippen molar-refractivity contribution in [2.45, 2.75) is 6.54 Å². The molecule has 0 fully saturated rings. The van der Waals surface area contributed by atoms with Gasteiger partial charge >= 0.3 is 0 Å². The Kier molecular flexibility index (Phi) is 3.35. The van der Waals surface area contributed by atoms with Crippen LogP contribution in [0.5, 0.6) is 0 Å². The largest absolute Gasteiger partial charge is 0.322 e. The van der Waals surface area contributed by atoms with Gasteiger partial charge in [0.25, 0.3) is 0 Å². The van der Waals surface area contributed by atoms with E-state index in [0.29, 0.717) is 0 Å². The number of benzene rings is 2. The maximum absolute atomic E-state index is 13.5. The van der Waals surface area contributed by atoms with Crippen LogP contribution in [-0.4, -0.2) is 15.5 Å². The van der Waals surface area contributed by atoms with Gasteiger partial charge in [-0.2, -0.15) is 0 Å². The maximum atomic E-state index is 13.5. The first-order valence-electron chi connectivity index (χ1n) is 6.28. The molecule has 1 heterocycles. The second kappa shape index (κ2) is 5.32. The lowest BCUT2D eigenvalue weighted by atomic mass is 10.3. The summed E-state index contributed by atoms with van der Waals surface area (Å²) < 4.78 is 27.9. The zero-order chi connectivity index (χ0) is 14.8. The fourth-order valence-electron chi connectivity index (χ4n) is 2.07. The molecule has 21 heavy (non-hydrogen) atoms. The topological polar surface area (TPSA) is 46.9 Å². The van der Waals surface area contributed by atoms with E-state index in [1.54, 1.807) is 10.9 Å². The number of amides is 1. The Hall–Kier alpha value is -2.76. The van der Waals surface area contributed by atoms with Crippen LogP contribution < -0.4 is 5.32 Å². The third-order valence-electron chi connectivity index (χ3n) is 3.05. The first-order valence-corrected chi connectivity index (χ1v) is 6.28. The van der Waals surface area contributed by atoms with Crippen molar-refractivity contribution in [1.29, 1.82) is 0 Å². The molecule has 1 aromatic heterocycles. The van der Waals surface area contributed by atoms with E-state index in [-0.39, 0.29) is 12.2 Å². The number of hydrogen-bond acceptors (Lipinski definition) is 2. The van der Waals surface area contributed by atoms with Gasteiger partial charge < -0.3 is 9.88 Å². The Bertz CT molecular complexity index is 814. The van der Waals surface area contributed by atoms with Crippen molar-refractivity contribution in [2.75, 3.05) is 5.32 Å². The molecule has 0 bridgehead atoms. The number of carbonyl (C=O) groups excluding carboxylic acids is 1. The minimum atomic E-state index is -0.807. The van der Waals surface area contributed by atoms with Gasteiger partial charge in [0, 0.05) is 6.07 Å². The van der Waals surface area contributed by atoms with Crippen LogP contribution in [0.15, 0.2) is 48.8 Å². The number of anilines is 1. The van der Waals surface area contributed by atoms with Gasteiger partial charge in [0.15, 0.2) is 0 Å². The van der Waals surface area contributed by atoms with E-state index in [1.807, 2.05) is 24.3 Å². The van der Waals surface area contributed by atoms with Gasteiger partial charge in [0.05, 0.1) is 23.0 Å². The van der Waals surface area contributed by atoms with E-state index in [1.165, 1.54) is 6.07 Å². The number of hydrogen-bond donors (Lipinski definition) is 1. The molecule has 1 N–H and O–H groups in total. The van der Waals surface area contributed by atoms with E-state index in [4.69, 9.17) is 0 Å². The summed E-state index contributed by atoms with van der Waals surface area (Å²) >= 11 is 0. The zero-order valence-corrected chi connectivity index (χ0v) is 10.9. The number of aromatic nitrogens is 2. The minimum Gasteiger partial charge on any atom is -0.322 e. The zero-order valence-electron chi connectivity index (χ0n) is 10.9. The molecule has 0 spiro atoms. The Balaban J connectivity index is 1.77. The van der Waals surface area contributed by atoms with E-state index < -0.39 is 17.5 Å². The molecular formula is C15H11F2N3O. The van der Waals surface area contributed by atoms with Crippen LogP contribution in [0.3, 0.4) is 0 Å². The van der Waals surface area contributed by atoms with Crippen LogP contribution >= 0.6 is 0 Å². The second-order valence-electron chi connectivity index (χ2n) is 4.53. The normalized spacial score (nSPS) is 10.8. The third-order valence-corrected chi connectivity index (χ3v) is 3.05. The van der Waals surface area contributed by atoms with Crippen LogP contribution in [0.2, 0.25) is 0 Å². The average Bonchev–Trinajstić information content (AvgIpc) is 2.85. The summed E-state index contributed by atoms with van der Waals surface area (Å²) in [5, 5.41) is 2.41. The van der Waals surface area contributed by atoms with E-state index in [0.717, 1.165) is 23.2 Å². The summed E-state index contributed by atoms with van der Waals surface area (Å²) in [5.41, 5.74) is 1.54. The van der Waals surface area contributed by atoms with E-state index in [9.17, 15) is 13.6 Å². The smallest absolute Gasteiger partial charge is 0.244 e. The average molecular weight is 287 g/mol. The molecule has 0 radical (unpaired) electrons. The Morgan fingerprint density at radius 3 is 2.81 bits per heavy atom.